The molecule has 0 aromatic heterocycles. The third-order valence-corrected chi connectivity index (χ3v) is 5.15. The number of nitrogens with zero attached hydrogens (tertiary/aromatic N) is 1. The van der Waals surface area contributed by atoms with Crippen molar-refractivity contribution < 1.29 is 19.5 Å². The van der Waals surface area contributed by atoms with Crippen LogP contribution in [-0.4, -0.2) is 45.0 Å². The first kappa shape index (κ1) is 16.1. The lowest BCUT2D eigenvalue weighted by Crippen LogP contribution is -2.70. The van der Waals surface area contributed by atoms with Crippen LogP contribution in [0.4, 0.5) is 0 Å². The first-order valence-electron chi connectivity index (χ1n) is 7.24. The number of fused-ring (bicyclic) bond motifs is 1. The quantitative estimate of drug-likeness (QED) is 0.618. The molecule has 2 aliphatic rings. The van der Waals surface area contributed by atoms with Crippen molar-refractivity contribution in [2.75, 3.05) is 5.75 Å². The van der Waals surface area contributed by atoms with Crippen molar-refractivity contribution in [3.05, 3.63) is 47.2 Å². The number of benzene rings is 1. The molecule has 3 rings (SSSR count). The maximum Gasteiger partial charge on any atom is 0.353 e. The van der Waals surface area contributed by atoms with E-state index in [0.29, 0.717) is 5.75 Å². The Bertz CT molecular complexity index is 782. The zero-order valence-corrected chi connectivity index (χ0v) is 13.4. The van der Waals surface area contributed by atoms with Gasteiger partial charge in [-0.2, -0.15) is 0 Å². The lowest BCUT2D eigenvalue weighted by atomic mass is 10.0. The van der Waals surface area contributed by atoms with Crippen molar-refractivity contribution in [1.29, 1.82) is 0 Å². The van der Waals surface area contributed by atoms with Crippen molar-refractivity contribution >= 4 is 29.5 Å². The summed E-state index contributed by atoms with van der Waals surface area (Å²) in [6.45, 7) is 0. The monoisotopic (exact) mass is 342 g/mol. The van der Waals surface area contributed by atoms with Crippen LogP contribution < -0.4 is 5.32 Å². The molecule has 0 aliphatic carbocycles. The van der Waals surface area contributed by atoms with Gasteiger partial charge in [0.1, 0.15) is 17.1 Å². The minimum absolute atomic E-state index is 0.153. The molecule has 0 radical (unpaired) electrons. The van der Waals surface area contributed by atoms with Crippen LogP contribution >= 0.6 is 11.8 Å². The highest BCUT2D eigenvalue weighted by atomic mass is 32.2. The fourth-order valence-corrected chi connectivity index (χ4v) is 4.03. The summed E-state index contributed by atoms with van der Waals surface area (Å²) in [5.41, 5.74) is 0.974. The fraction of sp³-hybridized carbons (Fsp3) is 0.235. The largest absolute Gasteiger partial charge is 0.477 e. The lowest BCUT2D eigenvalue weighted by Gasteiger charge is -2.48. The molecule has 1 aromatic carbocycles. The van der Waals surface area contributed by atoms with Crippen LogP contribution in [0.5, 0.6) is 0 Å². The van der Waals surface area contributed by atoms with Crippen LogP contribution in [0.25, 0.3) is 0 Å². The number of carboxylic acids is 1. The van der Waals surface area contributed by atoms with E-state index in [1.165, 1.54) is 16.7 Å². The van der Waals surface area contributed by atoms with Gasteiger partial charge in [-0.25, -0.2) is 4.79 Å². The van der Waals surface area contributed by atoms with Gasteiger partial charge in [-0.15, -0.1) is 18.2 Å². The van der Waals surface area contributed by atoms with E-state index in [9.17, 15) is 19.5 Å². The normalized spacial score (nSPS) is 22.3. The summed E-state index contributed by atoms with van der Waals surface area (Å²) in [7, 11) is 0. The predicted molar refractivity (Wildman–Crippen MR) is 88.7 cm³/mol. The summed E-state index contributed by atoms with van der Waals surface area (Å²) in [5.74, 6) is 0.710. The molecule has 2 atom stereocenters. The van der Waals surface area contributed by atoms with Crippen LogP contribution in [-0.2, 0) is 20.8 Å². The Labute approximate surface area is 142 Å². The molecule has 0 bridgehead atoms. The third-order valence-electron chi connectivity index (χ3n) is 3.87. The van der Waals surface area contributed by atoms with Gasteiger partial charge in [0.2, 0.25) is 5.91 Å². The van der Waals surface area contributed by atoms with Crippen LogP contribution in [0.15, 0.2) is 41.6 Å². The molecule has 1 unspecified atom stereocenters. The fourth-order valence-electron chi connectivity index (χ4n) is 2.74. The summed E-state index contributed by atoms with van der Waals surface area (Å²) in [6, 6.07) is 8.46. The molecular weight excluding hydrogens is 328 g/mol. The number of aliphatic carboxylic acids is 1. The van der Waals surface area contributed by atoms with E-state index in [1.54, 1.807) is 0 Å². The predicted octanol–water partition coefficient (Wildman–Crippen LogP) is 0.601. The molecule has 7 heteroatoms. The first-order valence-corrected chi connectivity index (χ1v) is 8.29. The average Bonchev–Trinajstić information content (AvgIpc) is 2.58. The summed E-state index contributed by atoms with van der Waals surface area (Å²) in [4.78, 5) is 37.0. The van der Waals surface area contributed by atoms with E-state index in [4.69, 9.17) is 6.42 Å². The van der Waals surface area contributed by atoms with E-state index in [2.05, 4.69) is 11.2 Å². The number of carbonyl (C=O) groups is 3. The van der Waals surface area contributed by atoms with E-state index < -0.39 is 23.3 Å². The topological polar surface area (TPSA) is 86.7 Å². The van der Waals surface area contributed by atoms with Gasteiger partial charge in [0.25, 0.3) is 5.91 Å². The van der Waals surface area contributed by atoms with E-state index in [1.807, 2.05) is 30.3 Å². The summed E-state index contributed by atoms with van der Waals surface area (Å²) in [5, 5.41) is 11.6. The van der Waals surface area contributed by atoms with Crippen molar-refractivity contribution in [2.24, 2.45) is 0 Å². The zero-order valence-electron chi connectivity index (χ0n) is 12.6. The molecule has 0 spiro atoms. The molecule has 2 aliphatic heterocycles. The Morgan fingerprint density at radius 2 is 2.08 bits per heavy atom. The number of rotatable bonds is 4. The molecule has 1 fully saturated rings. The second-order valence-electron chi connectivity index (χ2n) is 5.39. The van der Waals surface area contributed by atoms with Gasteiger partial charge in [0.15, 0.2) is 0 Å². The standard InChI is InChI=1S/C17H14N2O4S/c1-2-11-9-24-16-13(15(21)19(16)14(11)17(22)23)18-12(20)8-10-6-4-3-5-7-10/h1,3-7,13,16H,8-9H2,(H,18,20)(H,22,23)/t13?,16-/m0/s1. The van der Waals surface area contributed by atoms with Gasteiger partial charge in [-0.1, -0.05) is 36.3 Å². The molecule has 122 valence electrons. The van der Waals surface area contributed by atoms with Crippen LogP contribution in [0.2, 0.25) is 0 Å². The number of hydrogen-bond acceptors (Lipinski definition) is 4. The van der Waals surface area contributed by atoms with Crippen molar-refractivity contribution in [3.8, 4) is 12.3 Å². The average molecular weight is 342 g/mol. The zero-order chi connectivity index (χ0) is 17.3. The molecular formula is C17H14N2O4S. The summed E-state index contributed by atoms with van der Waals surface area (Å²) >= 11 is 1.35. The second kappa shape index (κ2) is 6.42. The van der Waals surface area contributed by atoms with Crippen LogP contribution in [0, 0.1) is 12.3 Å². The second-order valence-corrected chi connectivity index (χ2v) is 6.50. The van der Waals surface area contributed by atoms with Crippen LogP contribution in [0.1, 0.15) is 5.56 Å². The SMILES string of the molecule is C#CC1=C(C(=O)O)N2C(=O)C(NC(=O)Cc3ccccc3)[C@@H]2SC1. The number of terminal acetylenes is 1. The molecule has 2 N–H and O–H groups in total. The van der Waals surface area contributed by atoms with Crippen molar-refractivity contribution in [1.82, 2.24) is 10.2 Å². The number of thioether (sulfide) groups is 1. The highest BCUT2D eigenvalue weighted by Gasteiger charge is 2.54. The summed E-state index contributed by atoms with van der Waals surface area (Å²) < 4.78 is 0. The Morgan fingerprint density at radius 3 is 2.71 bits per heavy atom. The van der Waals surface area contributed by atoms with E-state index in [0.717, 1.165) is 5.56 Å². The summed E-state index contributed by atoms with van der Waals surface area (Å²) in [6.07, 6.45) is 5.48. The molecule has 2 amide bonds. The smallest absolute Gasteiger partial charge is 0.353 e. The van der Waals surface area contributed by atoms with Gasteiger partial charge >= 0.3 is 5.97 Å². The lowest BCUT2D eigenvalue weighted by molar-refractivity contribution is -0.150. The molecule has 24 heavy (non-hydrogen) atoms. The maximum atomic E-state index is 12.3. The number of nitrogens with one attached hydrogen (secondary N) is 1. The Balaban J connectivity index is 1.70. The molecule has 1 saturated heterocycles. The van der Waals surface area contributed by atoms with Gasteiger partial charge in [0, 0.05) is 11.3 Å². The number of hydrogen-bond donors (Lipinski definition) is 2. The van der Waals surface area contributed by atoms with E-state index in [-0.39, 0.29) is 23.6 Å². The molecule has 1 aromatic rings. The highest BCUT2D eigenvalue weighted by Crippen LogP contribution is 2.40. The first-order chi connectivity index (χ1) is 11.5. The molecule has 2 heterocycles. The number of carbonyl (C=O) groups excluding carboxylic acids is 2. The Kier molecular flexibility index (Phi) is 4.32. The molecule has 6 nitrogen and oxygen atoms in total. The van der Waals surface area contributed by atoms with Gasteiger partial charge in [-0.3, -0.25) is 14.5 Å². The maximum absolute atomic E-state index is 12.3. The highest BCUT2D eigenvalue weighted by molar-refractivity contribution is 8.00. The number of amides is 2. The van der Waals surface area contributed by atoms with Gasteiger partial charge < -0.3 is 10.4 Å². The molecule has 0 saturated carbocycles. The van der Waals surface area contributed by atoms with Crippen LogP contribution in [0.3, 0.4) is 0 Å². The Hall–Kier alpha value is -2.72. The van der Waals surface area contributed by atoms with Gasteiger partial charge in [-0.05, 0) is 5.56 Å². The van der Waals surface area contributed by atoms with Gasteiger partial charge in [0.05, 0.1) is 6.42 Å². The number of β-lactam (4-membered cyclic amide) rings is 1. The van der Waals surface area contributed by atoms with E-state index >= 15 is 0 Å². The van der Waals surface area contributed by atoms with Crippen molar-refractivity contribution in [3.63, 3.8) is 0 Å². The minimum atomic E-state index is -1.23. The minimum Gasteiger partial charge on any atom is -0.477 e. The number of carboxylic acid groups (broad SMARTS) is 1. The van der Waals surface area contributed by atoms with Crippen molar-refractivity contribution in [2.45, 2.75) is 17.8 Å². The Morgan fingerprint density at radius 1 is 1.38 bits per heavy atom. The third kappa shape index (κ3) is 2.76.